The smallest absolute Gasteiger partial charge is 0.144 e. The Morgan fingerprint density at radius 1 is 1.38 bits per heavy atom. The van der Waals surface area contributed by atoms with Crippen molar-refractivity contribution in [3.05, 3.63) is 29.1 Å². The first-order valence-electron chi connectivity index (χ1n) is 7.40. The van der Waals surface area contributed by atoms with Crippen molar-refractivity contribution < 1.29 is 9.50 Å². The van der Waals surface area contributed by atoms with Gasteiger partial charge in [0.15, 0.2) is 0 Å². The van der Waals surface area contributed by atoms with Crippen molar-refractivity contribution in [2.24, 2.45) is 5.92 Å². The third-order valence-corrected chi connectivity index (χ3v) is 3.92. The second kappa shape index (κ2) is 6.88. The van der Waals surface area contributed by atoms with Crippen LogP contribution in [0.5, 0.6) is 5.75 Å². The van der Waals surface area contributed by atoms with Crippen LogP contribution in [0.3, 0.4) is 0 Å². The number of hydrogen-bond acceptors (Lipinski definition) is 4. The molecule has 4 nitrogen and oxygen atoms in total. The summed E-state index contributed by atoms with van der Waals surface area (Å²) in [6, 6.07) is 4.67. The van der Waals surface area contributed by atoms with Gasteiger partial charge in [-0.05, 0) is 18.4 Å². The van der Waals surface area contributed by atoms with E-state index in [1.807, 2.05) is 0 Å². The summed E-state index contributed by atoms with van der Waals surface area (Å²) in [6.07, 6.45) is 0.865. The second-order valence-corrected chi connectivity index (χ2v) is 5.90. The van der Waals surface area contributed by atoms with E-state index < -0.39 is 5.82 Å². The topological polar surface area (TPSA) is 59.3 Å². The molecule has 5 heteroatoms. The average molecular weight is 291 g/mol. The normalized spacial score (nSPS) is 17.7. The molecule has 114 valence electrons. The maximum atomic E-state index is 13.6. The van der Waals surface area contributed by atoms with Gasteiger partial charge in [-0.15, -0.1) is 0 Å². The van der Waals surface area contributed by atoms with Gasteiger partial charge in [0, 0.05) is 37.8 Å². The minimum atomic E-state index is -0.664. The lowest BCUT2D eigenvalue weighted by atomic mass is 9.93. The van der Waals surface area contributed by atoms with Crippen LogP contribution in [0.25, 0.3) is 0 Å². The van der Waals surface area contributed by atoms with Gasteiger partial charge in [-0.1, -0.05) is 19.9 Å². The van der Waals surface area contributed by atoms with Crippen molar-refractivity contribution >= 4 is 0 Å². The summed E-state index contributed by atoms with van der Waals surface area (Å²) in [6.45, 7) is 7.83. The average Bonchev–Trinajstić information content (AvgIpc) is 2.47. The molecule has 0 saturated carbocycles. The van der Waals surface area contributed by atoms with Gasteiger partial charge in [-0.25, -0.2) is 4.39 Å². The Bertz CT molecular complexity index is 533. The van der Waals surface area contributed by atoms with Crippen LogP contribution in [0.4, 0.5) is 4.39 Å². The molecule has 0 bridgehead atoms. The molecule has 1 atom stereocenters. The molecule has 2 rings (SSSR count). The molecule has 1 aliphatic heterocycles. The van der Waals surface area contributed by atoms with E-state index in [0.29, 0.717) is 11.5 Å². The lowest BCUT2D eigenvalue weighted by Gasteiger charge is -2.36. The monoisotopic (exact) mass is 291 g/mol. The Morgan fingerprint density at radius 2 is 2.05 bits per heavy atom. The number of hydrogen-bond donors (Lipinski definition) is 2. The van der Waals surface area contributed by atoms with Crippen LogP contribution in [0, 0.1) is 23.1 Å². The zero-order chi connectivity index (χ0) is 15.4. The molecule has 0 aromatic heterocycles. The molecule has 1 fully saturated rings. The zero-order valence-corrected chi connectivity index (χ0v) is 12.6. The first-order valence-corrected chi connectivity index (χ1v) is 7.40. The molecule has 1 saturated heterocycles. The van der Waals surface area contributed by atoms with Gasteiger partial charge in [0.05, 0.1) is 0 Å². The van der Waals surface area contributed by atoms with E-state index in [2.05, 4.69) is 24.1 Å². The molecule has 1 aliphatic rings. The highest BCUT2D eigenvalue weighted by molar-refractivity contribution is 5.49. The van der Waals surface area contributed by atoms with Gasteiger partial charge in [0.2, 0.25) is 0 Å². The van der Waals surface area contributed by atoms with Crippen molar-refractivity contribution in [2.45, 2.75) is 26.3 Å². The molecule has 0 radical (unpaired) electrons. The quantitative estimate of drug-likeness (QED) is 0.894. The maximum absolute atomic E-state index is 13.6. The fourth-order valence-electron chi connectivity index (χ4n) is 2.87. The maximum Gasteiger partial charge on any atom is 0.144 e. The van der Waals surface area contributed by atoms with Crippen molar-refractivity contribution in [3.8, 4) is 11.8 Å². The van der Waals surface area contributed by atoms with Crippen LogP contribution < -0.4 is 5.32 Å². The Hall–Kier alpha value is -1.64. The predicted octanol–water partition coefficient (Wildman–Crippen LogP) is 2.40. The van der Waals surface area contributed by atoms with E-state index in [0.717, 1.165) is 32.6 Å². The number of rotatable bonds is 4. The van der Waals surface area contributed by atoms with Crippen molar-refractivity contribution in [1.29, 1.82) is 5.26 Å². The first kappa shape index (κ1) is 15.7. The summed E-state index contributed by atoms with van der Waals surface area (Å²) < 4.78 is 13.6. The van der Waals surface area contributed by atoms with Crippen LogP contribution in [0.15, 0.2) is 12.1 Å². The summed E-state index contributed by atoms with van der Waals surface area (Å²) in [4.78, 5) is 2.30. The van der Waals surface area contributed by atoms with Gasteiger partial charge >= 0.3 is 0 Å². The predicted molar refractivity (Wildman–Crippen MR) is 79.4 cm³/mol. The fourth-order valence-corrected chi connectivity index (χ4v) is 2.87. The van der Waals surface area contributed by atoms with Crippen molar-refractivity contribution in [2.75, 3.05) is 26.2 Å². The van der Waals surface area contributed by atoms with E-state index >= 15 is 0 Å². The molecule has 0 amide bonds. The van der Waals surface area contributed by atoms with Gasteiger partial charge in [-0.3, -0.25) is 4.90 Å². The van der Waals surface area contributed by atoms with Gasteiger partial charge in [0.25, 0.3) is 0 Å². The lowest BCUT2D eigenvalue weighted by Crippen LogP contribution is -2.45. The van der Waals surface area contributed by atoms with E-state index in [1.54, 1.807) is 12.1 Å². The highest BCUT2D eigenvalue weighted by Gasteiger charge is 2.27. The molecular formula is C16H22FN3O. The SMILES string of the molecule is CC(C)C[C@H](c1ccc(F)c(C#N)c1O)N1CCNCC1. The van der Waals surface area contributed by atoms with E-state index in [9.17, 15) is 9.50 Å². The fraction of sp³-hybridized carbons (Fsp3) is 0.562. The summed E-state index contributed by atoms with van der Waals surface area (Å²) in [7, 11) is 0. The van der Waals surface area contributed by atoms with Crippen molar-refractivity contribution in [1.82, 2.24) is 10.2 Å². The molecule has 21 heavy (non-hydrogen) atoms. The van der Waals surface area contributed by atoms with Gasteiger partial charge in [-0.2, -0.15) is 5.26 Å². The number of phenols is 1. The number of benzene rings is 1. The summed E-state index contributed by atoms with van der Waals surface area (Å²) in [5.41, 5.74) is 0.403. The molecular weight excluding hydrogens is 269 g/mol. The number of nitriles is 1. The Balaban J connectivity index is 2.38. The molecule has 0 aliphatic carbocycles. The van der Waals surface area contributed by atoms with Crippen LogP contribution in [0.2, 0.25) is 0 Å². The van der Waals surface area contributed by atoms with E-state index in [1.165, 1.54) is 6.07 Å². The summed E-state index contributed by atoms with van der Waals surface area (Å²) in [5.74, 6) is -0.427. The standard InChI is InChI=1S/C16H22FN3O/c1-11(2)9-15(20-7-5-19-6-8-20)12-3-4-14(17)13(10-18)16(12)21/h3-4,11,15,19,21H,5-9H2,1-2H3/t15-/m1/s1. The van der Waals surface area contributed by atoms with Crippen LogP contribution in [-0.4, -0.2) is 36.2 Å². The van der Waals surface area contributed by atoms with Crippen molar-refractivity contribution in [3.63, 3.8) is 0 Å². The number of piperazine rings is 1. The zero-order valence-electron chi connectivity index (χ0n) is 12.6. The Labute approximate surface area is 125 Å². The highest BCUT2D eigenvalue weighted by Crippen LogP contribution is 2.36. The largest absolute Gasteiger partial charge is 0.506 e. The van der Waals surface area contributed by atoms with Crippen LogP contribution in [-0.2, 0) is 0 Å². The van der Waals surface area contributed by atoms with E-state index in [4.69, 9.17) is 5.26 Å². The third-order valence-electron chi connectivity index (χ3n) is 3.92. The third kappa shape index (κ3) is 3.52. The Kier molecular flexibility index (Phi) is 5.16. The number of phenolic OH excluding ortho intramolecular Hbond substituents is 1. The van der Waals surface area contributed by atoms with Gasteiger partial charge < -0.3 is 10.4 Å². The number of nitrogens with one attached hydrogen (secondary N) is 1. The molecule has 1 aromatic carbocycles. The minimum absolute atomic E-state index is 0.0137. The number of halogens is 1. The molecule has 2 N–H and O–H groups in total. The van der Waals surface area contributed by atoms with E-state index in [-0.39, 0.29) is 17.4 Å². The number of aromatic hydroxyl groups is 1. The minimum Gasteiger partial charge on any atom is -0.506 e. The summed E-state index contributed by atoms with van der Waals surface area (Å²) in [5, 5.41) is 22.6. The second-order valence-electron chi connectivity index (χ2n) is 5.90. The van der Waals surface area contributed by atoms with Crippen LogP contribution >= 0.6 is 0 Å². The van der Waals surface area contributed by atoms with Crippen LogP contribution in [0.1, 0.15) is 37.4 Å². The lowest BCUT2D eigenvalue weighted by molar-refractivity contribution is 0.151. The summed E-state index contributed by atoms with van der Waals surface area (Å²) >= 11 is 0. The van der Waals surface area contributed by atoms with Gasteiger partial charge in [0.1, 0.15) is 23.2 Å². The first-order chi connectivity index (χ1) is 10.0. The Morgan fingerprint density at radius 3 is 2.62 bits per heavy atom. The molecule has 0 spiro atoms. The highest BCUT2D eigenvalue weighted by atomic mass is 19.1. The number of nitrogens with zero attached hydrogens (tertiary/aromatic N) is 2. The molecule has 1 heterocycles. The molecule has 0 unspecified atom stereocenters. The molecule has 1 aromatic rings.